The van der Waals surface area contributed by atoms with Crippen LogP contribution in [0.15, 0.2) is 18.3 Å². The van der Waals surface area contributed by atoms with E-state index in [2.05, 4.69) is 23.3 Å². The second-order valence-electron chi connectivity index (χ2n) is 4.29. The predicted molar refractivity (Wildman–Crippen MR) is 64.9 cm³/mol. The third kappa shape index (κ3) is 2.95. The van der Waals surface area contributed by atoms with Gasteiger partial charge in [-0.2, -0.15) is 0 Å². The Labute approximate surface area is 97.2 Å². The van der Waals surface area contributed by atoms with Gasteiger partial charge < -0.3 is 10.1 Å². The first kappa shape index (κ1) is 11.4. The molecule has 2 heterocycles. The van der Waals surface area contributed by atoms with Gasteiger partial charge in [0.25, 0.3) is 0 Å². The molecular formula is C13H20N2O. The van der Waals surface area contributed by atoms with Crippen molar-refractivity contribution in [3.63, 3.8) is 0 Å². The van der Waals surface area contributed by atoms with Crippen molar-refractivity contribution in [3.8, 4) is 5.75 Å². The third-order valence-electron chi connectivity index (χ3n) is 2.99. The van der Waals surface area contributed by atoms with Crippen molar-refractivity contribution in [2.45, 2.75) is 32.1 Å². The first-order valence-electron chi connectivity index (χ1n) is 6.19. The Morgan fingerprint density at radius 1 is 1.38 bits per heavy atom. The van der Waals surface area contributed by atoms with Crippen LogP contribution in [0.25, 0.3) is 0 Å². The summed E-state index contributed by atoms with van der Waals surface area (Å²) in [5.41, 5.74) is 1.21. The third-order valence-corrected chi connectivity index (χ3v) is 2.99. The maximum Gasteiger partial charge on any atom is 0.137 e. The van der Waals surface area contributed by atoms with E-state index in [1.165, 1.54) is 18.5 Å². The molecule has 0 bridgehead atoms. The summed E-state index contributed by atoms with van der Waals surface area (Å²) >= 11 is 0. The molecule has 3 heteroatoms. The fourth-order valence-electron chi connectivity index (χ4n) is 2.06. The maximum absolute atomic E-state index is 5.52. The van der Waals surface area contributed by atoms with Crippen molar-refractivity contribution < 1.29 is 4.74 Å². The first-order valence-corrected chi connectivity index (χ1v) is 6.19. The molecule has 0 aliphatic carbocycles. The van der Waals surface area contributed by atoms with Gasteiger partial charge in [0.05, 0.1) is 12.8 Å². The first-order chi connectivity index (χ1) is 7.90. The Morgan fingerprint density at radius 3 is 2.81 bits per heavy atom. The highest BCUT2D eigenvalue weighted by Gasteiger charge is 2.15. The zero-order valence-corrected chi connectivity index (χ0v) is 9.91. The largest absolute Gasteiger partial charge is 0.492 e. The molecule has 88 valence electrons. The number of hydrogen-bond acceptors (Lipinski definition) is 3. The molecule has 0 amide bonds. The van der Waals surface area contributed by atoms with E-state index in [1.807, 2.05) is 12.3 Å². The fraction of sp³-hybridized carbons (Fsp3) is 0.615. The van der Waals surface area contributed by atoms with Crippen LogP contribution in [-0.4, -0.2) is 24.7 Å². The van der Waals surface area contributed by atoms with Crippen molar-refractivity contribution in [1.82, 2.24) is 10.3 Å². The lowest BCUT2D eigenvalue weighted by Gasteiger charge is -2.22. The van der Waals surface area contributed by atoms with Crippen LogP contribution in [0.5, 0.6) is 5.75 Å². The quantitative estimate of drug-likeness (QED) is 0.845. The number of nitrogens with one attached hydrogen (secondary N) is 1. The molecule has 1 N–H and O–H groups in total. The molecule has 0 spiro atoms. The standard InChI is InChI=1S/C13H20N2O/c1-2-9-16-12-3-4-13(15-10-12)11-5-7-14-8-6-11/h3-4,10-11,14H,2,5-9H2,1H3. The zero-order valence-electron chi connectivity index (χ0n) is 9.91. The molecule has 1 saturated heterocycles. The van der Waals surface area contributed by atoms with Gasteiger partial charge in [-0.1, -0.05) is 6.92 Å². The minimum Gasteiger partial charge on any atom is -0.492 e. The van der Waals surface area contributed by atoms with Crippen molar-refractivity contribution >= 4 is 0 Å². The van der Waals surface area contributed by atoms with Gasteiger partial charge in [0.15, 0.2) is 0 Å². The fourth-order valence-corrected chi connectivity index (χ4v) is 2.06. The van der Waals surface area contributed by atoms with Gasteiger partial charge in [-0.25, -0.2) is 0 Å². The number of piperidine rings is 1. The topological polar surface area (TPSA) is 34.1 Å². The summed E-state index contributed by atoms with van der Waals surface area (Å²) in [4.78, 5) is 4.50. The highest BCUT2D eigenvalue weighted by atomic mass is 16.5. The van der Waals surface area contributed by atoms with E-state index in [-0.39, 0.29) is 0 Å². The van der Waals surface area contributed by atoms with Gasteiger partial charge in [0, 0.05) is 11.6 Å². The average Bonchev–Trinajstić information content (AvgIpc) is 2.38. The highest BCUT2D eigenvalue weighted by Crippen LogP contribution is 2.24. The molecule has 0 atom stereocenters. The van der Waals surface area contributed by atoms with Crippen molar-refractivity contribution in [3.05, 3.63) is 24.0 Å². The smallest absolute Gasteiger partial charge is 0.137 e. The number of rotatable bonds is 4. The molecule has 1 aromatic rings. The van der Waals surface area contributed by atoms with Gasteiger partial charge in [0.2, 0.25) is 0 Å². The number of ether oxygens (including phenoxy) is 1. The summed E-state index contributed by atoms with van der Waals surface area (Å²) in [6.07, 6.45) is 5.29. The average molecular weight is 220 g/mol. The molecule has 2 rings (SSSR count). The lowest BCUT2D eigenvalue weighted by Crippen LogP contribution is -2.26. The van der Waals surface area contributed by atoms with Crippen LogP contribution in [0.4, 0.5) is 0 Å². The molecule has 0 unspecified atom stereocenters. The summed E-state index contributed by atoms with van der Waals surface area (Å²) < 4.78 is 5.52. The van der Waals surface area contributed by atoms with Crippen LogP contribution < -0.4 is 10.1 Å². The molecule has 1 fully saturated rings. The molecule has 16 heavy (non-hydrogen) atoms. The summed E-state index contributed by atoms with van der Waals surface area (Å²) in [6.45, 7) is 5.10. The Kier molecular flexibility index (Phi) is 4.17. The van der Waals surface area contributed by atoms with Gasteiger partial charge in [-0.05, 0) is 44.5 Å². The second-order valence-corrected chi connectivity index (χ2v) is 4.29. The van der Waals surface area contributed by atoms with Gasteiger partial charge in [0.1, 0.15) is 5.75 Å². The summed E-state index contributed by atoms with van der Waals surface area (Å²) in [7, 11) is 0. The van der Waals surface area contributed by atoms with E-state index < -0.39 is 0 Å². The number of nitrogens with zero attached hydrogens (tertiary/aromatic N) is 1. The van der Waals surface area contributed by atoms with E-state index in [0.717, 1.165) is 31.9 Å². The lowest BCUT2D eigenvalue weighted by atomic mass is 9.94. The van der Waals surface area contributed by atoms with Crippen molar-refractivity contribution in [2.24, 2.45) is 0 Å². The van der Waals surface area contributed by atoms with E-state index in [0.29, 0.717) is 5.92 Å². The van der Waals surface area contributed by atoms with E-state index in [4.69, 9.17) is 4.74 Å². The number of hydrogen-bond donors (Lipinski definition) is 1. The molecule has 0 radical (unpaired) electrons. The second kappa shape index (κ2) is 5.85. The Bertz CT molecular complexity index is 304. The molecule has 1 aliphatic heterocycles. The Morgan fingerprint density at radius 2 is 2.19 bits per heavy atom. The van der Waals surface area contributed by atoms with Crippen molar-refractivity contribution in [2.75, 3.05) is 19.7 Å². The van der Waals surface area contributed by atoms with Crippen LogP contribution >= 0.6 is 0 Å². The predicted octanol–water partition coefficient (Wildman–Crippen LogP) is 2.34. The van der Waals surface area contributed by atoms with Gasteiger partial charge in [-0.15, -0.1) is 0 Å². The number of pyridine rings is 1. The number of aromatic nitrogens is 1. The van der Waals surface area contributed by atoms with E-state index in [1.54, 1.807) is 0 Å². The lowest BCUT2D eigenvalue weighted by molar-refractivity contribution is 0.315. The van der Waals surface area contributed by atoms with Gasteiger partial charge >= 0.3 is 0 Å². The molecule has 1 aliphatic rings. The summed E-state index contributed by atoms with van der Waals surface area (Å²) in [5, 5.41) is 3.37. The van der Waals surface area contributed by atoms with Crippen LogP contribution in [0.3, 0.4) is 0 Å². The SMILES string of the molecule is CCCOc1ccc(C2CCNCC2)nc1. The summed E-state index contributed by atoms with van der Waals surface area (Å²) in [5.74, 6) is 1.51. The normalized spacial score (nSPS) is 17.3. The molecule has 3 nitrogen and oxygen atoms in total. The molecule has 0 saturated carbocycles. The van der Waals surface area contributed by atoms with Gasteiger partial charge in [-0.3, -0.25) is 4.98 Å². The van der Waals surface area contributed by atoms with Crippen LogP contribution in [-0.2, 0) is 0 Å². The zero-order chi connectivity index (χ0) is 11.2. The van der Waals surface area contributed by atoms with Crippen LogP contribution in [0, 0.1) is 0 Å². The Balaban J connectivity index is 1.95. The molecule has 1 aromatic heterocycles. The van der Waals surface area contributed by atoms with Crippen LogP contribution in [0.1, 0.15) is 37.8 Å². The molecule has 0 aromatic carbocycles. The van der Waals surface area contributed by atoms with Crippen LogP contribution in [0.2, 0.25) is 0 Å². The van der Waals surface area contributed by atoms with E-state index >= 15 is 0 Å². The highest BCUT2D eigenvalue weighted by molar-refractivity contribution is 5.22. The minimum absolute atomic E-state index is 0.626. The summed E-state index contributed by atoms with van der Waals surface area (Å²) in [6, 6.07) is 4.15. The maximum atomic E-state index is 5.52. The van der Waals surface area contributed by atoms with E-state index in [9.17, 15) is 0 Å². The molecular weight excluding hydrogens is 200 g/mol. The Hall–Kier alpha value is -1.09. The minimum atomic E-state index is 0.626. The monoisotopic (exact) mass is 220 g/mol. The van der Waals surface area contributed by atoms with Crippen molar-refractivity contribution in [1.29, 1.82) is 0 Å².